The van der Waals surface area contributed by atoms with Gasteiger partial charge < -0.3 is 10.8 Å². The molecule has 1 unspecified atom stereocenters. The largest absolute Gasteiger partial charge is 0.398 e. The molecule has 0 fully saturated rings. The molecule has 0 heterocycles. The molecule has 1 atom stereocenters. The highest BCUT2D eigenvalue weighted by Gasteiger charge is 2.10. The number of nitrogens with two attached hydrogens (primary N) is 1. The molecule has 2 nitrogen and oxygen atoms in total. The van der Waals surface area contributed by atoms with Crippen molar-refractivity contribution in [2.24, 2.45) is 0 Å². The summed E-state index contributed by atoms with van der Waals surface area (Å²) in [5.41, 5.74) is 7.26. The zero-order chi connectivity index (χ0) is 9.84. The van der Waals surface area contributed by atoms with Crippen molar-refractivity contribution in [1.82, 2.24) is 0 Å². The summed E-state index contributed by atoms with van der Waals surface area (Å²) in [5, 5.41) is 9.72. The molecule has 0 amide bonds. The maximum atomic E-state index is 9.72. The van der Waals surface area contributed by atoms with E-state index in [1.54, 1.807) is 0 Å². The number of aliphatic hydroxyl groups is 1. The predicted molar refractivity (Wildman–Crippen MR) is 58.4 cm³/mol. The summed E-state index contributed by atoms with van der Waals surface area (Å²) in [6.07, 6.45) is 1.26. The van der Waals surface area contributed by atoms with Crippen molar-refractivity contribution in [2.75, 3.05) is 5.73 Å². The molecule has 1 aromatic carbocycles. The first kappa shape index (κ1) is 10.5. The maximum absolute atomic E-state index is 9.72. The molecule has 0 saturated heterocycles. The van der Waals surface area contributed by atoms with Crippen LogP contribution >= 0.6 is 15.9 Å². The van der Waals surface area contributed by atoms with Crippen LogP contribution in [0, 0.1) is 0 Å². The molecule has 3 heteroatoms. The van der Waals surface area contributed by atoms with Gasteiger partial charge in [0.1, 0.15) is 0 Å². The lowest BCUT2D eigenvalue weighted by atomic mass is 10.0. The number of hydrogen-bond acceptors (Lipinski definition) is 2. The van der Waals surface area contributed by atoms with E-state index in [-0.39, 0.29) is 0 Å². The van der Waals surface area contributed by atoms with E-state index in [0.29, 0.717) is 5.69 Å². The van der Waals surface area contributed by atoms with E-state index in [4.69, 9.17) is 5.73 Å². The van der Waals surface area contributed by atoms with Gasteiger partial charge in [0.25, 0.3) is 0 Å². The van der Waals surface area contributed by atoms with E-state index in [1.165, 1.54) is 0 Å². The van der Waals surface area contributed by atoms with Gasteiger partial charge in [-0.05, 0) is 28.4 Å². The molecule has 13 heavy (non-hydrogen) atoms. The average molecular weight is 244 g/mol. The molecule has 3 N–H and O–H groups in total. The summed E-state index contributed by atoms with van der Waals surface area (Å²) in [7, 11) is 0. The van der Waals surface area contributed by atoms with Gasteiger partial charge in [0.15, 0.2) is 0 Å². The number of anilines is 1. The number of rotatable bonds is 3. The van der Waals surface area contributed by atoms with Crippen LogP contribution in [0.15, 0.2) is 22.7 Å². The van der Waals surface area contributed by atoms with Crippen LogP contribution in [0.3, 0.4) is 0 Å². The highest BCUT2D eigenvalue weighted by Crippen LogP contribution is 2.29. The van der Waals surface area contributed by atoms with Crippen molar-refractivity contribution >= 4 is 21.6 Å². The fourth-order valence-corrected chi connectivity index (χ4v) is 1.65. The lowest BCUT2D eigenvalue weighted by Gasteiger charge is -2.13. The average Bonchev–Trinajstić information content (AvgIpc) is 2.10. The second kappa shape index (κ2) is 4.63. The summed E-state index contributed by atoms with van der Waals surface area (Å²) < 4.78 is 0.847. The molecule has 0 saturated carbocycles. The SMILES string of the molecule is CCCC(O)c1cccc(Br)c1N. The van der Waals surface area contributed by atoms with Crippen LogP contribution in [0.25, 0.3) is 0 Å². The summed E-state index contributed by atoms with van der Waals surface area (Å²) >= 11 is 3.33. The fraction of sp³-hybridized carbons (Fsp3) is 0.400. The van der Waals surface area contributed by atoms with Gasteiger partial charge in [0.2, 0.25) is 0 Å². The lowest BCUT2D eigenvalue weighted by Crippen LogP contribution is -2.02. The Morgan fingerprint density at radius 1 is 1.54 bits per heavy atom. The van der Waals surface area contributed by atoms with Crippen LogP contribution in [-0.4, -0.2) is 5.11 Å². The Morgan fingerprint density at radius 3 is 2.85 bits per heavy atom. The Morgan fingerprint density at radius 2 is 2.23 bits per heavy atom. The van der Waals surface area contributed by atoms with Crippen LogP contribution in [0.5, 0.6) is 0 Å². The van der Waals surface area contributed by atoms with Crippen LogP contribution in [0.4, 0.5) is 5.69 Å². The van der Waals surface area contributed by atoms with E-state index in [9.17, 15) is 5.11 Å². The zero-order valence-corrected chi connectivity index (χ0v) is 9.21. The minimum absolute atomic E-state index is 0.442. The molecule has 0 bridgehead atoms. The van der Waals surface area contributed by atoms with Crippen LogP contribution in [0.2, 0.25) is 0 Å². The van der Waals surface area contributed by atoms with Crippen molar-refractivity contribution in [3.63, 3.8) is 0 Å². The number of hydrogen-bond donors (Lipinski definition) is 2. The lowest BCUT2D eigenvalue weighted by molar-refractivity contribution is 0.167. The Balaban J connectivity index is 2.93. The second-order valence-corrected chi connectivity index (χ2v) is 3.90. The van der Waals surface area contributed by atoms with Crippen molar-refractivity contribution in [2.45, 2.75) is 25.9 Å². The Labute approximate surface area is 86.9 Å². The second-order valence-electron chi connectivity index (χ2n) is 3.05. The number of benzene rings is 1. The molecule has 1 aromatic rings. The molecule has 0 aliphatic heterocycles. The number of para-hydroxylation sites is 1. The van der Waals surface area contributed by atoms with Crippen molar-refractivity contribution in [3.05, 3.63) is 28.2 Å². The number of halogens is 1. The Kier molecular flexibility index (Phi) is 3.75. The molecule has 1 rings (SSSR count). The summed E-state index contributed by atoms with van der Waals surface area (Å²) in [6.45, 7) is 2.04. The molecule has 72 valence electrons. The third kappa shape index (κ3) is 2.45. The van der Waals surface area contributed by atoms with Gasteiger partial charge in [-0.2, -0.15) is 0 Å². The maximum Gasteiger partial charge on any atom is 0.0810 e. The first-order valence-corrected chi connectivity index (χ1v) is 5.18. The van der Waals surface area contributed by atoms with E-state index in [1.807, 2.05) is 25.1 Å². The van der Waals surface area contributed by atoms with E-state index >= 15 is 0 Å². The number of aliphatic hydroxyl groups excluding tert-OH is 1. The normalized spacial score (nSPS) is 12.8. The van der Waals surface area contributed by atoms with Gasteiger partial charge >= 0.3 is 0 Å². The predicted octanol–water partition coefficient (Wildman–Crippen LogP) is 2.86. The molecule has 0 aromatic heterocycles. The van der Waals surface area contributed by atoms with Crippen molar-refractivity contribution < 1.29 is 5.11 Å². The van der Waals surface area contributed by atoms with Crippen LogP contribution in [-0.2, 0) is 0 Å². The van der Waals surface area contributed by atoms with Gasteiger partial charge in [-0.1, -0.05) is 25.5 Å². The van der Waals surface area contributed by atoms with Gasteiger partial charge in [0.05, 0.1) is 11.8 Å². The van der Waals surface area contributed by atoms with Gasteiger partial charge in [0, 0.05) is 10.0 Å². The van der Waals surface area contributed by atoms with E-state index < -0.39 is 6.10 Å². The third-order valence-corrected chi connectivity index (χ3v) is 2.70. The summed E-state index contributed by atoms with van der Waals surface area (Å²) in [6, 6.07) is 5.62. The summed E-state index contributed by atoms with van der Waals surface area (Å²) in [5.74, 6) is 0. The third-order valence-electron chi connectivity index (χ3n) is 2.01. The topological polar surface area (TPSA) is 46.2 Å². The Hall–Kier alpha value is -0.540. The standard InChI is InChI=1S/C10H14BrNO/c1-2-4-9(13)7-5-3-6-8(11)10(7)12/h3,5-6,9,13H,2,4,12H2,1H3. The first-order valence-electron chi connectivity index (χ1n) is 4.38. The fourth-order valence-electron chi connectivity index (χ4n) is 1.27. The smallest absolute Gasteiger partial charge is 0.0810 e. The quantitative estimate of drug-likeness (QED) is 0.803. The van der Waals surface area contributed by atoms with E-state index in [0.717, 1.165) is 22.9 Å². The molecule has 0 spiro atoms. The van der Waals surface area contributed by atoms with Gasteiger partial charge in [-0.15, -0.1) is 0 Å². The molecule has 0 aliphatic carbocycles. The molecule has 0 aliphatic rings. The highest BCUT2D eigenvalue weighted by molar-refractivity contribution is 9.10. The Bertz CT molecular complexity index is 288. The van der Waals surface area contributed by atoms with Crippen LogP contribution in [0.1, 0.15) is 31.4 Å². The number of nitrogen functional groups attached to an aromatic ring is 1. The first-order chi connectivity index (χ1) is 6.16. The summed E-state index contributed by atoms with van der Waals surface area (Å²) in [4.78, 5) is 0. The zero-order valence-electron chi connectivity index (χ0n) is 7.63. The minimum atomic E-state index is -0.442. The van der Waals surface area contributed by atoms with Crippen molar-refractivity contribution in [1.29, 1.82) is 0 Å². The van der Waals surface area contributed by atoms with Crippen LogP contribution < -0.4 is 5.73 Å². The monoisotopic (exact) mass is 243 g/mol. The molecular weight excluding hydrogens is 230 g/mol. The van der Waals surface area contributed by atoms with Crippen molar-refractivity contribution in [3.8, 4) is 0 Å². The highest BCUT2D eigenvalue weighted by atomic mass is 79.9. The minimum Gasteiger partial charge on any atom is -0.398 e. The van der Waals surface area contributed by atoms with E-state index in [2.05, 4.69) is 15.9 Å². The van der Waals surface area contributed by atoms with Gasteiger partial charge in [-0.3, -0.25) is 0 Å². The van der Waals surface area contributed by atoms with Gasteiger partial charge in [-0.25, -0.2) is 0 Å². The molecule has 0 radical (unpaired) electrons. The molecular formula is C10H14BrNO.